The van der Waals surface area contributed by atoms with Crippen molar-refractivity contribution in [2.45, 2.75) is 38.6 Å². The molecule has 0 aliphatic heterocycles. The highest BCUT2D eigenvalue weighted by Crippen LogP contribution is 2.19. The average molecular weight is 399 g/mol. The summed E-state index contributed by atoms with van der Waals surface area (Å²) in [6.07, 6.45) is 1.05. The SMILES string of the molecule is CCNC(=NCc1ccccc1S(=O)(=O)N(C)C)NCCOCCC(C)C. The van der Waals surface area contributed by atoms with Gasteiger partial charge in [-0.3, -0.25) is 0 Å². The third kappa shape index (κ3) is 8.28. The topological polar surface area (TPSA) is 83.0 Å². The molecule has 0 aliphatic rings. The van der Waals surface area contributed by atoms with Crippen molar-refractivity contribution in [3.05, 3.63) is 29.8 Å². The first-order chi connectivity index (χ1) is 12.8. The molecule has 1 rings (SSSR count). The highest BCUT2D eigenvalue weighted by atomic mass is 32.2. The average Bonchev–Trinajstić information content (AvgIpc) is 2.62. The minimum absolute atomic E-state index is 0.271. The number of hydrogen-bond acceptors (Lipinski definition) is 4. The molecular weight excluding hydrogens is 364 g/mol. The Morgan fingerprint density at radius 1 is 1.19 bits per heavy atom. The Balaban J connectivity index is 2.71. The molecule has 0 spiro atoms. The summed E-state index contributed by atoms with van der Waals surface area (Å²) >= 11 is 0. The smallest absolute Gasteiger partial charge is 0.242 e. The van der Waals surface area contributed by atoms with E-state index < -0.39 is 10.0 Å². The van der Waals surface area contributed by atoms with Gasteiger partial charge in [-0.25, -0.2) is 17.7 Å². The van der Waals surface area contributed by atoms with Crippen LogP contribution in [0.3, 0.4) is 0 Å². The number of nitrogens with one attached hydrogen (secondary N) is 2. The van der Waals surface area contributed by atoms with E-state index in [1.54, 1.807) is 18.2 Å². The normalized spacial score (nSPS) is 12.6. The molecule has 0 radical (unpaired) electrons. The molecule has 0 heterocycles. The lowest BCUT2D eigenvalue weighted by molar-refractivity contribution is 0.128. The van der Waals surface area contributed by atoms with E-state index in [-0.39, 0.29) is 11.4 Å². The van der Waals surface area contributed by atoms with Gasteiger partial charge in [0.15, 0.2) is 5.96 Å². The zero-order chi connectivity index (χ0) is 20.3. The van der Waals surface area contributed by atoms with Gasteiger partial charge in [0.1, 0.15) is 0 Å². The second kappa shape index (κ2) is 11.9. The van der Waals surface area contributed by atoms with Crippen molar-refractivity contribution in [1.82, 2.24) is 14.9 Å². The molecule has 0 aliphatic carbocycles. The van der Waals surface area contributed by atoms with E-state index in [0.717, 1.165) is 19.6 Å². The maximum atomic E-state index is 12.5. The van der Waals surface area contributed by atoms with Gasteiger partial charge < -0.3 is 15.4 Å². The van der Waals surface area contributed by atoms with Gasteiger partial charge in [-0.1, -0.05) is 32.0 Å². The van der Waals surface area contributed by atoms with E-state index in [0.29, 0.717) is 30.6 Å². The molecule has 2 N–H and O–H groups in total. The number of nitrogens with zero attached hydrogens (tertiary/aromatic N) is 2. The zero-order valence-corrected chi connectivity index (χ0v) is 18.0. The van der Waals surface area contributed by atoms with Gasteiger partial charge in [0, 0.05) is 33.8 Å². The van der Waals surface area contributed by atoms with Crippen molar-refractivity contribution in [1.29, 1.82) is 0 Å². The van der Waals surface area contributed by atoms with E-state index in [1.807, 2.05) is 13.0 Å². The lowest BCUT2D eigenvalue weighted by atomic mass is 10.1. The quantitative estimate of drug-likeness (QED) is 0.339. The number of guanidine groups is 1. The van der Waals surface area contributed by atoms with Crippen LogP contribution in [-0.2, 0) is 21.3 Å². The fourth-order valence-corrected chi connectivity index (χ4v) is 3.36. The Kier molecular flexibility index (Phi) is 10.4. The van der Waals surface area contributed by atoms with Crippen LogP contribution >= 0.6 is 0 Å². The maximum Gasteiger partial charge on any atom is 0.242 e. The molecular formula is C19H34N4O3S. The molecule has 154 valence electrons. The fourth-order valence-electron chi connectivity index (χ4n) is 2.25. The maximum absolute atomic E-state index is 12.5. The van der Waals surface area contributed by atoms with Crippen LogP contribution in [0.5, 0.6) is 0 Å². The first-order valence-corrected chi connectivity index (χ1v) is 10.8. The second-order valence-electron chi connectivity index (χ2n) is 6.81. The molecule has 0 aromatic heterocycles. The summed E-state index contributed by atoms with van der Waals surface area (Å²) in [6.45, 7) is 9.32. The number of aliphatic imine (C=N–C) groups is 1. The Morgan fingerprint density at radius 3 is 2.52 bits per heavy atom. The van der Waals surface area contributed by atoms with Crippen LogP contribution in [0.1, 0.15) is 32.8 Å². The van der Waals surface area contributed by atoms with Crippen LogP contribution in [0.15, 0.2) is 34.2 Å². The van der Waals surface area contributed by atoms with Gasteiger partial charge in [0.05, 0.1) is 18.0 Å². The summed E-state index contributed by atoms with van der Waals surface area (Å²) in [5, 5.41) is 6.38. The molecule has 0 fully saturated rings. The lowest BCUT2D eigenvalue weighted by Crippen LogP contribution is -2.39. The van der Waals surface area contributed by atoms with Crippen LogP contribution in [0.4, 0.5) is 0 Å². The lowest BCUT2D eigenvalue weighted by Gasteiger charge is -2.15. The van der Waals surface area contributed by atoms with E-state index >= 15 is 0 Å². The first-order valence-electron chi connectivity index (χ1n) is 9.39. The minimum Gasteiger partial charge on any atom is -0.380 e. The van der Waals surface area contributed by atoms with Gasteiger partial charge >= 0.3 is 0 Å². The molecule has 7 nitrogen and oxygen atoms in total. The van der Waals surface area contributed by atoms with Crippen LogP contribution in [0, 0.1) is 5.92 Å². The minimum atomic E-state index is -3.50. The Morgan fingerprint density at radius 2 is 1.89 bits per heavy atom. The predicted molar refractivity (Wildman–Crippen MR) is 110 cm³/mol. The Hall–Kier alpha value is -1.64. The summed E-state index contributed by atoms with van der Waals surface area (Å²) < 4.78 is 31.8. The molecule has 0 saturated carbocycles. The number of ether oxygens (including phenoxy) is 1. The van der Waals surface area contributed by atoms with Crippen molar-refractivity contribution >= 4 is 16.0 Å². The third-order valence-corrected chi connectivity index (χ3v) is 5.78. The molecule has 1 aromatic rings. The molecule has 27 heavy (non-hydrogen) atoms. The van der Waals surface area contributed by atoms with Crippen molar-refractivity contribution in [2.24, 2.45) is 10.9 Å². The molecule has 0 unspecified atom stereocenters. The van der Waals surface area contributed by atoms with E-state index in [4.69, 9.17) is 4.74 Å². The summed E-state index contributed by atoms with van der Waals surface area (Å²) in [6, 6.07) is 6.95. The zero-order valence-electron chi connectivity index (χ0n) is 17.2. The number of sulfonamides is 1. The second-order valence-corrected chi connectivity index (χ2v) is 8.93. The van der Waals surface area contributed by atoms with Gasteiger partial charge in [-0.05, 0) is 30.9 Å². The third-order valence-electron chi connectivity index (χ3n) is 3.86. The summed E-state index contributed by atoms with van der Waals surface area (Å²) in [5.41, 5.74) is 0.664. The van der Waals surface area contributed by atoms with E-state index in [2.05, 4.69) is 29.5 Å². The number of rotatable bonds is 11. The van der Waals surface area contributed by atoms with Crippen LogP contribution in [-0.4, -0.2) is 59.1 Å². The molecule has 1 aromatic carbocycles. The highest BCUT2D eigenvalue weighted by molar-refractivity contribution is 7.89. The summed E-state index contributed by atoms with van der Waals surface area (Å²) in [7, 11) is -0.443. The Bertz CT molecular complexity index is 688. The monoisotopic (exact) mass is 398 g/mol. The molecule has 0 amide bonds. The highest BCUT2D eigenvalue weighted by Gasteiger charge is 2.20. The van der Waals surface area contributed by atoms with Crippen molar-refractivity contribution in [3.63, 3.8) is 0 Å². The van der Waals surface area contributed by atoms with Crippen LogP contribution < -0.4 is 10.6 Å². The fraction of sp³-hybridized carbons (Fsp3) is 0.632. The van der Waals surface area contributed by atoms with Gasteiger partial charge in [0.2, 0.25) is 10.0 Å². The van der Waals surface area contributed by atoms with Crippen LogP contribution in [0.2, 0.25) is 0 Å². The van der Waals surface area contributed by atoms with Gasteiger partial charge in [0.25, 0.3) is 0 Å². The van der Waals surface area contributed by atoms with Crippen LogP contribution in [0.25, 0.3) is 0 Å². The van der Waals surface area contributed by atoms with Crippen molar-refractivity contribution in [2.75, 3.05) is 40.4 Å². The van der Waals surface area contributed by atoms with E-state index in [1.165, 1.54) is 18.4 Å². The molecule has 0 atom stereocenters. The van der Waals surface area contributed by atoms with Crippen molar-refractivity contribution < 1.29 is 13.2 Å². The standard InChI is InChI=1S/C19H34N4O3S/c1-6-20-19(21-12-14-26-13-11-16(2)3)22-15-17-9-7-8-10-18(17)27(24,25)23(4)5/h7-10,16H,6,11-15H2,1-5H3,(H2,20,21,22). The predicted octanol–water partition coefficient (Wildman–Crippen LogP) is 2.05. The van der Waals surface area contributed by atoms with Gasteiger partial charge in [-0.2, -0.15) is 0 Å². The van der Waals surface area contributed by atoms with Gasteiger partial charge in [-0.15, -0.1) is 0 Å². The number of benzene rings is 1. The molecule has 0 bridgehead atoms. The number of hydrogen-bond donors (Lipinski definition) is 2. The first kappa shape index (κ1) is 23.4. The largest absolute Gasteiger partial charge is 0.380 e. The summed E-state index contributed by atoms with van der Waals surface area (Å²) in [5.74, 6) is 1.28. The molecule has 0 saturated heterocycles. The Labute approximate surface area is 164 Å². The summed E-state index contributed by atoms with van der Waals surface area (Å²) in [4.78, 5) is 4.80. The van der Waals surface area contributed by atoms with E-state index in [9.17, 15) is 8.42 Å². The molecule has 8 heteroatoms. The van der Waals surface area contributed by atoms with Crippen molar-refractivity contribution in [3.8, 4) is 0 Å².